The van der Waals surface area contributed by atoms with Gasteiger partial charge in [0.2, 0.25) is 12.7 Å². The maximum atomic E-state index is 14.9. The molecule has 1 aromatic heterocycles. The van der Waals surface area contributed by atoms with Crippen molar-refractivity contribution < 1.29 is 36.2 Å². The minimum atomic E-state index is -3.16. The molecule has 0 radical (unpaired) electrons. The molecular formula is C20H18F5N5O3. The molecule has 8 nitrogen and oxygen atoms in total. The number of aromatic nitrogens is 2. The van der Waals surface area contributed by atoms with Gasteiger partial charge >= 0.3 is 0 Å². The number of hydrogen-bond acceptors (Lipinski definition) is 7. The number of aliphatic imine (C=N–C) groups is 1. The van der Waals surface area contributed by atoms with Crippen LogP contribution in [-0.4, -0.2) is 47.5 Å². The van der Waals surface area contributed by atoms with Gasteiger partial charge in [-0.15, -0.1) is 0 Å². The molecule has 2 unspecified atom stereocenters. The number of anilines is 1. The number of benzene rings is 1. The number of halogens is 5. The summed E-state index contributed by atoms with van der Waals surface area (Å²) in [6.07, 6.45) is -0.553. The highest BCUT2D eigenvalue weighted by atomic mass is 19.3. The molecule has 2 aromatic rings. The third kappa shape index (κ3) is 4.26. The Morgan fingerprint density at radius 1 is 1.24 bits per heavy atom. The zero-order valence-corrected chi connectivity index (χ0v) is 16.9. The van der Waals surface area contributed by atoms with Gasteiger partial charge in [0.15, 0.2) is 0 Å². The van der Waals surface area contributed by atoms with Crippen LogP contribution in [0.15, 0.2) is 35.6 Å². The topological polar surface area (TPSA) is 112 Å². The van der Waals surface area contributed by atoms with E-state index in [4.69, 9.17) is 10.5 Å². The first kappa shape index (κ1) is 22.7. The first-order valence-corrected chi connectivity index (χ1v) is 9.75. The van der Waals surface area contributed by atoms with Crippen LogP contribution < -0.4 is 15.8 Å². The highest BCUT2D eigenvalue weighted by molar-refractivity contribution is 6.02. The number of carbonyl (C=O) groups is 1. The SMILES string of the molecule is NC1=NC(CF)(c2cc(NC(=O)c3cnc(OCF)cn3)ccc2F)C2CC(F)(F)C[C@@H]2O1. The van der Waals surface area contributed by atoms with Crippen LogP contribution in [-0.2, 0) is 10.3 Å². The molecule has 1 amide bonds. The molecule has 1 fully saturated rings. The molecule has 3 atom stereocenters. The number of amidine groups is 1. The number of fused-ring (bicyclic) bond motifs is 1. The molecule has 0 saturated heterocycles. The summed E-state index contributed by atoms with van der Waals surface area (Å²) >= 11 is 0. The van der Waals surface area contributed by atoms with Crippen LogP contribution in [0.5, 0.6) is 5.88 Å². The highest BCUT2D eigenvalue weighted by Crippen LogP contribution is 2.53. The lowest BCUT2D eigenvalue weighted by atomic mass is 9.76. The monoisotopic (exact) mass is 471 g/mol. The second-order valence-electron chi connectivity index (χ2n) is 7.68. The molecule has 0 spiro atoms. The summed E-state index contributed by atoms with van der Waals surface area (Å²) in [7, 11) is 0. The van der Waals surface area contributed by atoms with Crippen molar-refractivity contribution >= 4 is 17.6 Å². The molecule has 2 heterocycles. The maximum Gasteiger partial charge on any atom is 0.283 e. The van der Waals surface area contributed by atoms with E-state index in [1.54, 1.807) is 0 Å². The second kappa shape index (κ2) is 8.45. The third-order valence-electron chi connectivity index (χ3n) is 5.62. The minimum absolute atomic E-state index is 0.0247. The Kier molecular flexibility index (Phi) is 5.80. The fraction of sp³-hybridized carbons (Fsp3) is 0.400. The second-order valence-corrected chi connectivity index (χ2v) is 7.68. The lowest BCUT2D eigenvalue weighted by Crippen LogP contribution is -2.48. The van der Waals surface area contributed by atoms with Gasteiger partial charge in [-0.1, -0.05) is 0 Å². The Bertz CT molecular complexity index is 1080. The summed E-state index contributed by atoms with van der Waals surface area (Å²) in [5.74, 6) is -6.15. The van der Waals surface area contributed by atoms with Gasteiger partial charge in [0.05, 0.1) is 12.4 Å². The number of rotatable bonds is 6. The van der Waals surface area contributed by atoms with Gasteiger partial charge in [-0.25, -0.2) is 36.9 Å². The summed E-state index contributed by atoms with van der Waals surface area (Å²) in [5, 5.41) is 2.44. The van der Waals surface area contributed by atoms with Gasteiger partial charge < -0.3 is 20.5 Å². The van der Waals surface area contributed by atoms with Crippen molar-refractivity contribution in [3.8, 4) is 5.88 Å². The molecule has 176 valence electrons. The molecule has 1 aliphatic carbocycles. The number of ether oxygens (including phenoxy) is 2. The van der Waals surface area contributed by atoms with E-state index in [9.17, 15) is 26.7 Å². The molecule has 33 heavy (non-hydrogen) atoms. The summed E-state index contributed by atoms with van der Waals surface area (Å²) in [6, 6.07) is 2.74. The fourth-order valence-corrected chi connectivity index (χ4v) is 4.19. The molecule has 1 saturated carbocycles. The van der Waals surface area contributed by atoms with Crippen molar-refractivity contribution in [2.45, 2.75) is 30.4 Å². The van der Waals surface area contributed by atoms with E-state index < -0.39 is 67.6 Å². The standard InChI is InChI=1S/C20H18F5N5O3/c21-8-20(12-4-19(24,25)5-15(12)33-18(26)30-20)11-3-10(1-2-13(11)23)29-17(31)14-6-28-16(7-27-14)32-9-22/h1-3,6-7,12,15H,4-5,8-9H2,(H2,26,30)(H,29,31)/t12?,15-,20?/m0/s1. The number of nitrogens with one attached hydrogen (secondary N) is 1. The van der Waals surface area contributed by atoms with Crippen molar-refractivity contribution in [1.82, 2.24) is 9.97 Å². The van der Waals surface area contributed by atoms with E-state index in [2.05, 4.69) is 25.0 Å². The Morgan fingerprint density at radius 3 is 2.70 bits per heavy atom. The van der Waals surface area contributed by atoms with E-state index in [1.165, 1.54) is 6.07 Å². The number of amides is 1. The van der Waals surface area contributed by atoms with Crippen molar-refractivity contribution in [3.05, 3.63) is 47.7 Å². The summed E-state index contributed by atoms with van der Waals surface area (Å²) in [6.45, 7) is -2.44. The van der Waals surface area contributed by atoms with E-state index >= 15 is 0 Å². The quantitative estimate of drug-likeness (QED) is 0.627. The maximum absolute atomic E-state index is 14.9. The van der Waals surface area contributed by atoms with Crippen molar-refractivity contribution in [3.63, 3.8) is 0 Å². The van der Waals surface area contributed by atoms with Crippen molar-refractivity contribution in [2.24, 2.45) is 16.6 Å². The Balaban J connectivity index is 1.66. The normalized spacial score (nSPS) is 25.5. The number of alkyl halides is 4. The van der Waals surface area contributed by atoms with Gasteiger partial charge in [0.25, 0.3) is 17.9 Å². The molecule has 3 N–H and O–H groups in total. The number of nitrogens with two attached hydrogens (primary N) is 1. The summed E-state index contributed by atoms with van der Waals surface area (Å²) in [5.41, 5.74) is 3.08. The van der Waals surface area contributed by atoms with E-state index in [0.29, 0.717) is 0 Å². The lowest BCUT2D eigenvalue weighted by molar-refractivity contribution is -0.00299. The molecule has 1 aromatic carbocycles. The van der Waals surface area contributed by atoms with Crippen LogP contribution in [0.25, 0.3) is 0 Å². The number of hydrogen-bond donors (Lipinski definition) is 2. The molecule has 1 aliphatic heterocycles. The number of nitrogens with zero attached hydrogens (tertiary/aromatic N) is 3. The van der Waals surface area contributed by atoms with Gasteiger partial charge in [0, 0.05) is 30.0 Å². The first-order valence-electron chi connectivity index (χ1n) is 9.75. The van der Waals surface area contributed by atoms with Gasteiger partial charge in [-0.2, -0.15) is 0 Å². The average molecular weight is 471 g/mol. The average Bonchev–Trinajstić information content (AvgIpc) is 3.09. The molecule has 4 rings (SSSR count). The molecule has 0 bridgehead atoms. The Labute approximate surface area is 184 Å². The first-order chi connectivity index (χ1) is 15.7. The Morgan fingerprint density at radius 2 is 2.03 bits per heavy atom. The van der Waals surface area contributed by atoms with E-state index in [1.807, 2.05) is 0 Å². The third-order valence-corrected chi connectivity index (χ3v) is 5.62. The van der Waals surface area contributed by atoms with Gasteiger partial charge in [-0.3, -0.25) is 4.79 Å². The van der Waals surface area contributed by atoms with Gasteiger partial charge in [0.1, 0.15) is 29.8 Å². The lowest BCUT2D eigenvalue weighted by Gasteiger charge is -2.40. The van der Waals surface area contributed by atoms with Crippen LogP contribution in [0.1, 0.15) is 28.9 Å². The zero-order chi connectivity index (χ0) is 23.8. The largest absolute Gasteiger partial charge is 0.461 e. The highest BCUT2D eigenvalue weighted by Gasteiger charge is 2.60. The summed E-state index contributed by atoms with van der Waals surface area (Å²) < 4.78 is 79.3. The molecular weight excluding hydrogens is 453 g/mol. The van der Waals surface area contributed by atoms with Crippen LogP contribution in [0.4, 0.5) is 27.6 Å². The minimum Gasteiger partial charge on any atom is -0.461 e. The predicted molar refractivity (Wildman–Crippen MR) is 105 cm³/mol. The van der Waals surface area contributed by atoms with Gasteiger partial charge in [-0.05, 0) is 18.2 Å². The van der Waals surface area contributed by atoms with Crippen LogP contribution in [0, 0.1) is 11.7 Å². The number of carbonyl (C=O) groups excluding carboxylic acids is 1. The molecule has 2 aliphatic rings. The van der Waals surface area contributed by atoms with Crippen LogP contribution in [0.2, 0.25) is 0 Å². The van der Waals surface area contributed by atoms with Crippen molar-refractivity contribution in [1.29, 1.82) is 0 Å². The zero-order valence-electron chi connectivity index (χ0n) is 16.9. The van der Waals surface area contributed by atoms with E-state index in [-0.39, 0.29) is 22.8 Å². The smallest absolute Gasteiger partial charge is 0.283 e. The fourth-order valence-electron chi connectivity index (χ4n) is 4.19. The van der Waals surface area contributed by atoms with E-state index in [0.717, 1.165) is 24.5 Å². The summed E-state index contributed by atoms with van der Waals surface area (Å²) in [4.78, 5) is 23.9. The van der Waals surface area contributed by atoms with Crippen molar-refractivity contribution in [2.75, 3.05) is 18.9 Å². The van der Waals surface area contributed by atoms with Crippen LogP contribution >= 0.6 is 0 Å². The predicted octanol–water partition coefficient (Wildman–Crippen LogP) is 3.10. The van der Waals surface area contributed by atoms with Crippen LogP contribution in [0.3, 0.4) is 0 Å². The Hall–Kier alpha value is -3.51. The molecule has 13 heteroatoms.